The van der Waals surface area contributed by atoms with E-state index in [9.17, 15) is 19.5 Å². The third-order valence-corrected chi connectivity index (χ3v) is 5.55. The molecule has 0 aliphatic rings. The summed E-state index contributed by atoms with van der Waals surface area (Å²) in [5, 5.41) is 29.2. The Bertz CT molecular complexity index is 491. The van der Waals surface area contributed by atoms with Crippen LogP contribution in [-0.4, -0.2) is 58.8 Å². The first-order valence-electron chi connectivity index (χ1n) is 11.9. The van der Waals surface area contributed by atoms with Crippen molar-refractivity contribution < 1.29 is 34.2 Å². The Hall–Kier alpha value is -1.89. The van der Waals surface area contributed by atoms with Gasteiger partial charge in [0.2, 0.25) is 0 Å². The Morgan fingerprint density at radius 1 is 0.677 bits per heavy atom. The lowest BCUT2D eigenvalue weighted by molar-refractivity contribution is -0.909. The standard InChI is InChI=1S/C24H43NO6/c1-2-3-4-5-6-7-8-9-10-11-12-13-14-15-16-17-18-25(19-22(26)27,20-23(28)29)21-24(30)31/h11-12H,2-10,13-21H2,1H3,(H2-,26,27,28,29,30,31)/b12-11+. The molecule has 0 rings (SSSR count). The topological polar surface area (TPSA) is 115 Å². The van der Waals surface area contributed by atoms with Crippen molar-refractivity contribution in [3.05, 3.63) is 12.2 Å². The van der Waals surface area contributed by atoms with Crippen LogP contribution in [0.1, 0.15) is 96.8 Å². The van der Waals surface area contributed by atoms with E-state index in [0.29, 0.717) is 6.42 Å². The molecule has 0 fully saturated rings. The fraction of sp³-hybridized carbons (Fsp3) is 0.792. The maximum absolute atomic E-state index is 11.1. The van der Waals surface area contributed by atoms with E-state index >= 15 is 0 Å². The third kappa shape index (κ3) is 18.6. The molecule has 0 spiro atoms. The molecule has 2 N–H and O–H groups in total. The molecule has 7 nitrogen and oxygen atoms in total. The molecule has 0 aromatic rings. The fourth-order valence-electron chi connectivity index (χ4n) is 3.95. The fourth-order valence-corrected chi connectivity index (χ4v) is 3.95. The molecule has 0 heterocycles. The van der Waals surface area contributed by atoms with Crippen LogP contribution in [0.5, 0.6) is 0 Å². The normalized spacial score (nSPS) is 11.8. The molecule has 0 amide bonds. The number of carbonyl (C=O) groups excluding carboxylic acids is 1. The number of hydrogen-bond acceptors (Lipinski definition) is 4. The van der Waals surface area contributed by atoms with Gasteiger partial charge in [0.25, 0.3) is 0 Å². The van der Waals surface area contributed by atoms with E-state index in [-0.39, 0.29) is 6.54 Å². The van der Waals surface area contributed by atoms with Crippen molar-refractivity contribution in [2.24, 2.45) is 0 Å². The number of quaternary nitrogens is 1. The number of carboxylic acids is 3. The largest absolute Gasteiger partial charge is 0.544 e. The number of carboxylic acid groups (broad SMARTS) is 3. The Kier molecular flexibility index (Phi) is 17.7. The monoisotopic (exact) mass is 441 g/mol. The van der Waals surface area contributed by atoms with Crippen molar-refractivity contribution in [3.8, 4) is 0 Å². The van der Waals surface area contributed by atoms with Gasteiger partial charge in [-0.15, -0.1) is 0 Å². The number of aliphatic carboxylic acids is 3. The van der Waals surface area contributed by atoms with Gasteiger partial charge in [-0.05, 0) is 38.5 Å². The second-order valence-corrected chi connectivity index (χ2v) is 8.64. The molecule has 0 aliphatic heterocycles. The van der Waals surface area contributed by atoms with Gasteiger partial charge in [-0.3, -0.25) is 0 Å². The summed E-state index contributed by atoms with van der Waals surface area (Å²) in [5.41, 5.74) is 0. The van der Waals surface area contributed by atoms with E-state index in [4.69, 9.17) is 10.2 Å². The van der Waals surface area contributed by atoms with Crippen LogP contribution in [0.2, 0.25) is 0 Å². The van der Waals surface area contributed by atoms with Crippen molar-refractivity contribution in [2.45, 2.75) is 96.8 Å². The molecule has 0 radical (unpaired) electrons. The van der Waals surface area contributed by atoms with Gasteiger partial charge in [0.15, 0.2) is 13.1 Å². The molecule has 180 valence electrons. The minimum absolute atomic E-state index is 0.209. The molecular formula is C24H43NO6. The van der Waals surface area contributed by atoms with Crippen LogP contribution in [0.4, 0.5) is 0 Å². The van der Waals surface area contributed by atoms with Crippen molar-refractivity contribution in [2.75, 3.05) is 26.2 Å². The average molecular weight is 442 g/mol. The smallest absolute Gasteiger partial charge is 0.359 e. The number of nitrogens with zero attached hydrogens (tertiary/aromatic N) is 1. The van der Waals surface area contributed by atoms with Crippen LogP contribution < -0.4 is 5.11 Å². The molecule has 0 atom stereocenters. The maximum atomic E-state index is 11.1. The van der Waals surface area contributed by atoms with Gasteiger partial charge in [0, 0.05) is 0 Å². The summed E-state index contributed by atoms with van der Waals surface area (Å²) in [6.07, 6.45) is 20.6. The summed E-state index contributed by atoms with van der Waals surface area (Å²) in [4.78, 5) is 33.3. The Morgan fingerprint density at radius 2 is 1.10 bits per heavy atom. The van der Waals surface area contributed by atoms with Crippen LogP contribution in [0, 0.1) is 0 Å². The van der Waals surface area contributed by atoms with E-state index in [0.717, 1.165) is 32.1 Å². The first-order chi connectivity index (χ1) is 14.8. The zero-order valence-corrected chi connectivity index (χ0v) is 19.4. The maximum Gasteiger partial charge on any atom is 0.359 e. The second-order valence-electron chi connectivity index (χ2n) is 8.64. The highest BCUT2D eigenvalue weighted by Gasteiger charge is 2.33. The third-order valence-electron chi connectivity index (χ3n) is 5.55. The number of unbranched alkanes of at least 4 members (excludes halogenated alkanes) is 12. The van der Waals surface area contributed by atoms with Gasteiger partial charge in [0.05, 0.1) is 12.5 Å². The van der Waals surface area contributed by atoms with Gasteiger partial charge < -0.3 is 24.6 Å². The zero-order valence-electron chi connectivity index (χ0n) is 19.4. The van der Waals surface area contributed by atoms with Crippen molar-refractivity contribution in [3.63, 3.8) is 0 Å². The highest BCUT2D eigenvalue weighted by molar-refractivity contribution is 5.72. The molecule has 0 saturated heterocycles. The molecular weight excluding hydrogens is 398 g/mol. The lowest BCUT2D eigenvalue weighted by Gasteiger charge is -2.36. The summed E-state index contributed by atoms with van der Waals surface area (Å²) in [7, 11) is 0. The molecule has 0 bridgehead atoms. The molecule has 7 heteroatoms. The van der Waals surface area contributed by atoms with Gasteiger partial charge in [-0.1, -0.05) is 70.4 Å². The van der Waals surface area contributed by atoms with Crippen LogP contribution in [0.25, 0.3) is 0 Å². The van der Waals surface area contributed by atoms with E-state index in [1.54, 1.807) is 0 Å². The summed E-state index contributed by atoms with van der Waals surface area (Å²) in [5.74, 6) is -3.84. The molecule has 0 saturated carbocycles. The number of rotatable bonds is 22. The van der Waals surface area contributed by atoms with Gasteiger partial charge in [-0.2, -0.15) is 0 Å². The molecule has 0 unspecified atom stereocenters. The van der Waals surface area contributed by atoms with E-state index in [1.807, 2.05) is 0 Å². The summed E-state index contributed by atoms with van der Waals surface area (Å²) in [6, 6.07) is 0. The summed E-state index contributed by atoms with van der Waals surface area (Å²) >= 11 is 0. The van der Waals surface area contributed by atoms with Crippen LogP contribution in [0.15, 0.2) is 12.2 Å². The number of hydrogen-bond donors (Lipinski definition) is 2. The Balaban J connectivity index is 3.93. The number of allylic oxidation sites excluding steroid dienone is 2. The minimum Gasteiger partial charge on any atom is -0.544 e. The summed E-state index contributed by atoms with van der Waals surface area (Å²) in [6.45, 7) is 0.797. The van der Waals surface area contributed by atoms with E-state index < -0.39 is 42.0 Å². The lowest BCUT2D eigenvalue weighted by Crippen LogP contribution is -2.59. The quantitative estimate of drug-likeness (QED) is 0.150. The van der Waals surface area contributed by atoms with E-state index in [1.165, 1.54) is 51.4 Å². The average Bonchev–Trinajstić information content (AvgIpc) is 2.66. The van der Waals surface area contributed by atoms with Crippen molar-refractivity contribution in [1.82, 2.24) is 0 Å². The molecule has 0 aliphatic carbocycles. The van der Waals surface area contributed by atoms with Gasteiger partial charge >= 0.3 is 11.9 Å². The first-order valence-corrected chi connectivity index (χ1v) is 11.9. The SMILES string of the molecule is CCCCCCCCCC/C=C/CCCCCC[N+](CC(=O)[O-])(CC(=O)O)CC(=O)O. The second kappa shape index (κ2) is 18.8. The van der Waals surface area contributed by atoms with Crippen LogP contribution in [0.3, 0.4) is 0 Å². The molecule has 0 aromatic carbocycles. The van der Waals surface area contributed by atoms with Crippen molar-refractivity contribution >= 4 is 17.9 Å². The number of carbonyl (C=O) groups is 3. The van der Waals surface area contributed by atoms with Crippen LogP contribution in [-0.2, 0) is 14.4 Å². The molecule has 31 heavy (non-hydrogen) atoms. The Morgan fingerprint density at radius 3 is 1.52 bits per heavy atom. The zero-order chi connectivity index (χ0) is 23.4. The minimum atomic E-state index is -1.43. The van der Waals surface area contributed by atoms with E-state index in [2.05, 4.69) is 19.1 Å². The van der Waals surface area contributed by atoms with Crippen LogP contribution >= 0.6 is 0 Å². The Labute approximate surface area is 187 Å². The van der Waals surface area contributed by atoms with Crippen molar-refractivity contribution in [1.29, 1.82) is 0 Å². The first kappa shape index (κ1) is 29.1. The predicted octanol–water partition coefficient (Wildman–Crippen LogP) is 3.76. The predicted molar refractivity (Wildman–Crippen MR) is 119 cm³/mol. The lowest BCUT2D eigenvalue weighted by atomic mass is 10.1. The highest BCUT2D eigenvalue weighted by Crippen LogP contribution is 2.13. The molecule has 0 aromatic heterocycles. The highest BCUT2D eigenvalue weighted by atomic mass is 16.4. The van der Waals surface area contributed by atoms with Gasteiger partial charge in [0.1, 0.15) is 6.54 Å². The summed E-state index contributed by atoms with van der Waals surface area (Å²) < 4.78 is -0.508. The van der Waals surface area contributed by atoms with Gasteiger partial charge in [-0.25, -0.2) is 9.59 Å².